The van der Waals surface area contributed by atoms with E-state index in [4.69, 9.17) is 22.1 Å². The number of aromatic nitrogens is 1. The second kappa shape index (κ2) is 9.00. The molecule has 0 saturated heterocycles. The number of hydrogen-bond donors (Lipinski definition) is 2. The molecule has 0 radical (unpaired) electrons. The van der Waals surface area contributed by atoms with Crippen molar-refractivity contribution < 1.29 is 4.74 Å². The molecule has 0 spiro atoms. The minimum Gasteiger partial charge on any atom is -0.489 e. The Hall–Kier alpha value is -2.27. The second-order valence-corrected chi connectivity index (χ2v) is 5.55. The molecular weight excluding hydrogens is 312 g/mol. The summed E-state index contributed by atoms with van der Waals surface area (Å²) >= 11 is 5.92. The van der Waals surface area contributed by atoms with Gasteiger partial charge in [-0.05, 0) is 37.3 Å². The van der Waals surface area contributed by atoms with Crippen LogP contribution in [0.2, 0.25) is 5.02 Å². The number of nitrogens with zero attached hydrogens (tertiary/aromatic N) is 2. The van der Waals surface area contributed by atoms with Gasteiger partial charge in [0.1, 0.15) is 11.9 Å². The van der Waals surface area contributed by atoms with Gasteiger partial charge in [-0.15, -0.1) is 0 Å². The smallest absolute Gasteiger partial charge is 0.188 e. The Balaban J connectivity index is 1.71. The Labute approximate surface area is 141 Å². The largest absolute Gasteiger partial charge is 0.489 e. The van der Waals surface area contributed by atoms with E-state index >= 15 is 0 Å². The summed E-state index contributed by atoms with van der Waals surface area (Å²) in [6.45, 7) is 3.09. The van der Waals surface area contributed by atoms with Crippen LogP contribution in [0.15, 0.2) is 53.7 Å². The molecule has 0 aliphatic carbocycles. The van der Waals surface area contributed by atoms with Gasteiger partial charge >= 0.3 is 0 Å². The summed E-state index contributed by atoms with van der Waals surface area (Å²) in [5, 5.41) is 3.72. The summed E-state index contributed by atoms with van der Waals surface area (Å²) in [6, 6.07) is 13.1. The summed E-state index contributed by atoms with van der Waals surface area (Å²) in [5.74, 6) is 1.13. The number of nitrogens with two attached hydrogens (primary N) is 1. The minimum absolute atomic E-state index is 0.0930. The first kappa shape index (κ1) is 17.1. The quantitative estimate of drug-likeness (QED) is 0.604. The molecular formula is C17H21ClN4O. The number of pyridine rings is 1. The number of hydrogen-bond acceptors (Lipinski definition) is 3. The van der Waals surface area contributed by atoms with Crippen molar-refractivity contribution in [2.75, 3.05) is 13.1 Å². The van der Waals surface area contributed by atoms with Gasteiger partial charge in [0.2, 0.25) is 0 Å². The minimum atomic E-state index is -0.0930. The van der Waals surface area contributed by atoms with E-state index in [0.717, 1.165) is 17.9 Å². The molecule has 23 heavy (non-hydrogen) atoms. The highest BCUT2D eigenvalue weighted by molar-refractivity contribution is 6.30. The predicted octanol–water partition coefficient (Wildman–Crippen LogP) is 2.65. The normalized spacial score (nSPS) is 12.7. The number of benzene rings is 1. The Morgan fingerprint density at radius 2 is 2.22 bits per heavy atom. The SMILES string of the molecule is CC(CN=C(N)NCCc1ccccn1)Oc1cccc(Cl)c1. The van der Waals surface area contributed by atoms with Crippen molar-refractivity contribution >= 4 is 17.6 Å². The topological polar surface area (TPSA) is 72.5 Å². The summed E-state index contributed by atoms with van der Waals surface area (Å²) in [7, 11) is 0. The van der Waals surface area contributed by atoms with Crippen LogP contribution in [0.1, 0.15) is 12.6 Å². The van der Waals surface area contributed by atoms with E-state index in [1.54, 1.807) is 18.3 Å². The molecule has 0 bridgehead atoms. The van der Waals surface area contributed by atoms with Gasteiger partial charge in [-0.25, -0.2) is 4.99 Å². The summed E-state index contributed by atoms with van der Waals surface area (Å²) in [6.07, 6.45) is 2.48. The van der Waals surface area contributed by atoms with Crippen LogP contribution in [-0.2, 0) is 6.42 Å². The van der Waals surface area contributed by atoms with Gasteiger partial charge in [0.15, 0.2) is 5.96 Å². The van der Waals surface area contributed by atoms with Crippen LogP contribution in [0.5, 0.6) is 5.75 Å². The number of guanidine groups is 1. The molecule has 1 atom stereocenters. The molecule has 1 unspecified atom stereocenters. The number of rotatable bonds is 7. The van der Waals surface area contributed by atoms with Gasteiger partial charge in [-0.1, -0.05) is 23.7 Å². The fraction of sp³-hybridized carbons (Fsp3) is 0.294. The lowest BCUT2D eigenvalue weighted by Gasteiger charge is -2.13. The van der Waals surface area contributed by atoms with Crippen LogP contribution in [0.25, 0.3) is 0 Å². The van der Waals surface area contributed by atoms with Crippen LogP contribution in [0, 0.1) is 0 Å². The maximum atomic E-state index is 5.92. The molecule has 2 aromatic rings. The zero-order valence-electron chi connectivity index (χ0n) is 13.1. The third-order valence-electron chi connectivity index (χ3n) is 3.07. The molecule has 0 saturated carbocycles. The third kappa shape index (κ3) is 6.57. The molecule has 5 nitrogen and oxygen atoms in total. The monoisotopic (exact) mass is 332 g/mol. The fourth-order valence-electron chi connectivity index (χ4n) is 1.96. The van der Waals surface area contributed by atoms with Crippen molar-refractivity contribution in [1.29, 1.82) is 0 Å². The Morgan fingerprint density at radius 3 is 2.96 bits per heavy atom. The fourth-order valence-corrected chi connectivity index (χ4v) is 2.14. The van der Waals surface area contributed by atoms with Gasteiger partial charge in [-0.3, -0.25) is 4.98 Å². The van der Waals surface area contributed by atoms with Crippen LogP contribution >= 0.6 is 11.6 Å². The second-order valence-electron chi connectivity index (χ2n) is 5.11. The molecule has 1 heterocycles. The van der Waals surface area contributed by atoms with Gasteiger partial charge in [0.25, 0.3) is 0 Å². The number of nitrogens with one attached hydrogen (secondary N) is 1. The molecule has 6 heteroatoms. The first-order valence-electron chi connectivity index (χ1n) is 7.49. The Morgan fingerprint density at radius 1 is 1.35 bits per heavy atom. The van der Waals surface area contributed by atoms with Crippen molar-refractivity contribution in [3.63, 3.8) is 0 Å². The van der Waals surface area contributed by atoms with Gasteiger partial charge in [0, 0.05) is 29.9 Å². The summed E-state index contributed by atoms with van der Waals surface area (Å²) < 4.78 is 5.73. The first-order valence-corrected chi connectivity index (χ1v) is 7.87. The molecule has 3 N–H and O–H groups in total. The maximum Gasteiger partial charge on any atom is 0.188 e. The van der Waals surface area contributed by atoms with E-state index in [0.29, 0.717) is 24.1 Å². The summed E-state index contributed by atoms with van der Waals surface area (Å²) in [5.41, 5.74) is 6.86. The van der Waals surface area contributed by atoms with Gasteiger partial charge < -0.3 is 15.8 Å². The standard InChI is InChI=1S/C17H21ClN4O/c1-13(23-16-7-4-5-14(18)11-16)12-22-17(19)21-10-8-15-6-2-3-9-20-15/h2-7,9,11,13H,8,10,12H2,1H3,(H3,19,21,22). The van der Waals surface area contributed by atoms with Crippen molar-refractivity contribution in [3.05, 3.63) is 59.4 Å². The van der Waals surface area contributed by atoms with Crippen LogP contribution in [0.3, 0.4) is 0 Å². The van der Waals surface area contributed by atoms with E-state index < -0.39 is 0 Å². The Bertz CT molecular complexity index is 634. The lowest BCUT2D eigenvalue weighted by Crippen LogP contribution is -2.34. The van der Waals surface area contributed by atoms with Gasteiger partial charge in [0.05, 0.1) is 6.54 Å². The molecule has 1 aromatic carbocycles. The molecule has 1 aromatic heterocycles. The Kier molecular flexibility index (Phi) is 6.69. The molecule has 0 aliphatic heterocycles. The van der Waals surface area contributed by atoms with E-state index in [9.17, 15) is 0 Å². The predicted molar refractivity (Wildman–Crippen MR) is 94.0 cm³/mol. The average Bonchev–Trinajstić information content (AvgIpc) is 2.54. The third-order valence-corrected chi connectivity index (χ3v) is 3.30. The molecule has 2 rings (SSSR count). The lowest BCUT2D eigenvalue weighted by molar-refractivity contribution is 0.230. The molecule has 0 aliphatic rings. The van der Waals surface area contributed by atoms with E-state index in [2.05, 4.69) is 15.3 Å². The van der Waals surface area contributed by atoms with Crippen molar-refractivity contribution in [2.24, 2.45) is 10.7 Å². The highest BCUT2D eigenvalue weighted by Gasteiger charge is 2.04. The van der Waals surface area contributed by atoms with Gasteiger partial charge in [-0.2, -0.15) is 0 Å². The van der Waals surface area contributed by atoms with Crippen LogP contribution < -0.4 is 15.8 Å². The number of ether oxygens (including phenoxy) is 1. The highest BCUT2D eigenvalue weighted by atomic mass is 35.5. The van der Waals surface area contributed by atoms with E-state index in [1.165, 1.54) is 0 Å². The first-order chi connectivity index (χ1) is 11.1. The average molecular weight is 333 g/mol. The van der Waals surface area contributed by atoms with E-state index in [-0.39, 0.29) is 6.10 Å². The molecule has 0 amide bonds. The molecule has 122 valence electrons. The maximum absolute atomic E-state index is 5.92. The van der Waals surface area contributed by atoms with Crippen molar-refractivity contribution in [1.82, 2.24) is 10.3 Å². The van der Waals surface area contributed by atoms with Crippen molar-refractivity contribution in [2.45, 2.75) is 19.4 Å². The van der Waals surface area contributed by atoms with Crippen molar-refractivity contribution in [3.8, 4) is 5.75 Å². The number of halogens is 1. The highest BCUT2D eigenvalue weighted by Crippen LogP contribution is 2.18. The van der Waals surface area contributed by atoms with E-state index in [1.807, 2.05) is 37.3 Å². The lowest BCUT2D eigenvalue weighted by atomic mass is 10.3. The number of aliphatic imine (C=N–C) groups is 1. The summed E-state index contributed by atoms with van der Waals surface area (Å²) in [4.78, 5) is 8.53. The van der Waals surface area contributed by atoms with Crippen LogP contribution in [0.4, 0.5) is 0 Å². The zero-order valence-corrected chi connectivity index (χ0v) is 13.8. The van der Waals surface area contributed by atoms with Crippen LogP contribution in [-0.4, -0.2) is 30.1 Å². The molecule has 0 fully saturated rings. The zero-order chi connectivity index (χ0) is 16.5.